The van der Waals surface area contributed by atoms with E-state index in [1.807, 2.05) is 111 Å². The maximum Gasteiger partial charge on any atom is 0.255 e. The van der Waals surface area contributed by atoms with Gasteiger partial charge in [0.1, 0.15) is 18.1 Å². The van der Waals surface area contributed by atoms with Crippen LogP contribution in [-0.4, -0.2) is 122 Å². The Morgan fingerprint density at radius 2 is 1.59 bits per heavy atom. The molecule has 5 heterocycles. The highest BCUT2D eigenvalue weighted by Crippen LogP contribution is 2.37. The van der Waals surface area contributed by atoms with E-state index in [-0.39, 0.29) is 43.8 Å². The van der Waals surface area contributed by atoms with Crippen LogP contribution in [0.15, 0.2) is 114 Å². The van der Waals surface area contributed by atoms with Gasteiger partial charge in [-0.25, -0.2) is 9.97 Å². The highest BCUT2D eigenvalue weighted by molar-refractivity contribution is 7.13. The van der Waals surface area contributed by atoms with E-state index in [1.54, 1.807) is 22.4 Å². The number of fused-ring (bicyclic) bond motifs is 1. The van der Waals surface area contributed by atoms with Crippen molar-refractivity contribution in [3.8, 4) is 21.6 Å². The number of rotatable bonds is 15. The molecule has 0 saturated carbocycles. The summed E-state index contributed by atoms with van der Waals surface area (Å²) in [6.45, 7) is 11.0. The molecular weight excluding hydrogens is 923 g/mol. The number of carbonyl (C=O) groups excluding carboxylic acids is 4. The molecule has 2 saturated heterocycles. The lowest BCUT2D eigenvalue weighted by atomic mass is 9.85. The van der Waals surface area contributed by atoms with Gasteiger partial charge in [0, 0.05) is 75.1 Å². The lowest BCUT2D eigenvalue weighted by Crippen LogP contribution is -2.59. The van der Waals surface area contributed by atoms with Gasteiger partial charge in [0.15, 0.2) is 11.4 Å². The van der Waals surface area contributed by atoms with Crippen molar-refractivity contribution in [1.82, 2.24) is 35.3 Å². The van der Waals surface area contributed by atoms with Crippen molar-refractivity contribution in [2.75, 3.05) is 49.5 Å². The molecule has 17 heteroatoms. The van der Waals surface area contributed by atoms with E-state index >= 15 is 0 Å². The largest absolute Gasteiger partial charge is 0.391 e. The number of nitrogens with one attached hydrogen (secondary N) is 3. The third-order valence-corrected chi connectivity index (χ3v) is 15.1. The monoisotopic (exact) mass is 981 g/mol. The first kappa shape index (κ1) is 48.5. The zero-order valence-corrected chi connectivity index (χ0v) is 41.4. The minimum atomic E-state index is -1.08. The van der Waals surface area contributed by atoms with E-state index in [9.17, 15) is 29.4 Å². The number of aliphatic hydroxyl groups is 2. The number of hydrogen-bond donors (Lipinski definition) is 5. The van der Waals surface area contributed by atoms with E-state index < -0.39 is 41.8 Å². The molecule has 6 aromatic rings. The maximum absolute atomic E-state index is 14.2. The van der Waals surface area contributed by atoms with Gasteiger partial charge in [-0.3, -0.25) is 24.1 Å². The van der Waals surface area contributed by atoms with Crippen molar-refractivity contribution in [2.45, 2.75) is 77.7 Å². The van der Waals surface area contributed by atoms with Gasteiger partial charge >= 0.3 is 0 Å². The standard InChI is InChI=1S/C53H59N9O6S2/c1-33-46(70-32-56-33)37-12-10-34(11-13-37)28-55-48(65)43-27-41(63)30-61(43)51(68)47(53(2,3)4)57-44(64)31-59-21-23-60(24-22-59)40-18-16-35(17-19-40)38-14-15-39-29-62(50(67)42(39)26-38)45(36-8-6-5-7-9-36)49(66)58-52-54-20-25-69-52/h5-20,25-26,32,41,43,45,47,49,63,66H,21-24,27-31H2,1-4H3,(H,54,58)(H,55,65)(H,57,64)/t41-,43+,45?,47-,49?/m0/s1. The first-order valence-corrected chi connectivity index (χ1v) is 25.4. The molecule has 5 atom stereocenters. The topological polar surface area (TPSA) is 184 Å². The molecule has 15 nitrogen and oxygen atoms in total. The highest BCUT2D eigenvalue weighted by Gasteiger charge is 2.45. The molecule has 4 aromatic carbocycles. The first-order valence-electron chi connectivity index (χ1n) is 23.7. The molecule has 0 bridgehead atoms. The number of amides is 4. The molecule has 2 unspecified atom stereocenters. The molecule has 3 aliphatic rings. The molecule has 2 aromatic heterocycles. The molecule has 9 rings (SSSR count). The summed E-state index contributed by atoms with van der Waals surface area (Å²) in [5.74, 6) is -1.17. The summed E-state index contributed by atoms with van der Waals surface area (Å²) in [5, 5.41) is 33.5. The Kier molecular flexibility index (Phi) is 14.4. The SMILES string of the molecule is Cc1ncsc1-c1ccc(CNC(=O)[C@H]2C[C@H](O)CN2C(=O)[C@H](NC(=O)CN2CCN(c3ccc(-c4ccc5c(c4)C(=O)N(C(c4ccccc4)C(O)Nc4nccs4)C5)cc3)CC2)C(C)(C)C)cc1. The number of nitrogens with zero attached hydrogens (tertiary/aromatic N) is 6. The number of hydrogen-bond acceptors (Lipinski definition) is 13. The van der Waals surface area contributed by atoms with E-state index in [1.165, 1.54) is 16.2 Å². The van der Waals surface area contributed by atoms with Crippen LogP contribution in [0.25, 0.3) is 21.6 Å². The van der Waals surface area contributed by atoms with Crippen LogP contribution in [0.2, 0.25) is 0 Å². The van der Waals surface area contributed by atoms with Gasteiger partial charge in [-0.15, -0.1) is 22.7 Å². The quantitative estimate of drug-likeness (QED) is 0.0729. The van der Waals surface area contributed by atoms with Crippen LogP contribution < -0.4 is 20.9 Å². The number of likely N-dealkylation sites (tertiary alicyclic amines) is 1. The summed E-state index contributed by atoms with van der Waals surface area (Å²) in [7, 11) is 0. The number of anilines is 2. The number of aliphatic hydroxyl groups excluding tert-OH is 2. The Morgan fingerprint density at radius 3 is 2.26 bits per heavy atom. The predicted molar refractivity (Wildman–Crippen MR) is 273 cm³/mol. The second-order valence-corrected chi connectivity index (χ2v) is 21.1. The molecule has 4 amide bonds. The molecule has 364 valence electrons. The lowest BCUT2D eigenvalue weighted by Gasteiger charge is -2.37. The molecule has 0 spiro atoms. The number of β-amino-alcohol motifs (C(OH)–C–C–N with tert-alkyl or cyclic N) is 1. The minimum absolute atomic E-state index is 0.00559. The van der Waals surface area contributed by atoms with Crippen LogP contribution in [0.3, 0.4) is 0 Å². The van der Waals surface area contributed by atoms with Gasteiger partial charge < -0.3 is 40.9 Å². The van der Waals surface area contributed by atoms with Crippen molar-refractivity contribution >= 4 is 57.1 Å². The number of thiazole rings is 2. The van der Waals surface area contributed by atoms with Crippen molar-refractivity contribution < 1.29 is 29.4 Å². The molecule has 70 heavy (non-hydrogen) atoms. The van der Waals surface area contributed by atoms with Crippen LogP contribution in [0, 0.1) is 12.3 Å². The molecule has 3 aliphatic heterocycles. The van der Waals surface area contributed by atoms with Gasteiger partial charge in [0.25, 0.3) is 5.91 Å². The Labute approximate surface area is 416 Å². The number of piperazine rings is 1. The fraction of sp³-hybridized carbons (Fsp3) is 0.358. The summed E-state index contributed by atoms with van der Waals surface area (Å²) in [6.07, 6.45) is -0.161. The third kappa shape index (κ3) is 10.8. The average Bonchev–Trinajstić information content (AvgIpc) is 4.18. The predicted octanol–water partition coefficient (Wildman–Crippen LogP) is 6.30. The first-order chi connectivity index (χ1) is 33.7. The summed E-state index contributed by atoms with van der Waals surface area (Å²) in [4.78, 5) is 72.7. The zero-order valence-electron chi connectivity index (χ0n) is 39.7. The van der Waals surface area contributed by atoms with Crippen molar-refractivity contribution in [3.63, 3.8) is 0 Å². The number of carbonyl (C=O) groups is 4. The maximum atomic E-state index is 14.2. The Morgan fingerprint density at radius 1 is 0.871 bits per heavy atom. The van der Waals surface area contributed by atoms with Crippen LogP contribution in [0.5, 0.6) is 0 Å². The Balaban J connectivity index is 0.774. The molecule has 2 fully saturated rings. The zero-order chi connectivity index (χ0) is 49.1. The molecule has 0 aliphatic carbocycles. The van der Waals surface area contributed by atoms with Gasteiger partial charge in [-0.1, -0.05) is 99.6 Å². The van der Waals surface area contributed by atoms with Crippen molar-refractivity contribution in [3.05, 3.63) is 142 Å². The Bertz CT molecular complexity index is 2790. The smallest absolute Gasteiger partial charge is 0.255 e. The molecule has 5 N–H and O–H groups in total. The van der Waals surface area contributed by atoms with Crippen LogP contribution in [-0.2, 0) is 27.5 Å². The second kappa shape index (κ2) is 20.8. The van der Waals surface area contributed by atoms with Crippen LogP contribution in [0.1, 0.15) is 66.0 Å². The normalized spacial score (nSPS) is 18.6. The van der Waals surface area contributed by atoms with Gasteiger partial charge in [-0.05, 0) is 63.9 Å². The minimum Gasteiger partial charge on any atom is -0.391 e. The van der Waals surface area contributed by atoms with E-state index in [4.69, 9.17) is 0 Å². The summed E-state index contributed by atoms with van der Waals surface area (Å²) in [5.41, 5.74) is 9.35. The fourth-order valence-electron chi connectivity index (χ4n) is 9.63. The second-order valence-electron chi connectivity index (χ2n) is 19.3. The van der Waals surface area contributed by atoms with Crippen LogP contribution in [0.4, 0.5) is 10.8 Å². The van der Waals surface area contributed by atoms with E-state index in [0.717, 1.165) is 49.6 Å². The van der Waals surface area contributed by atoms with Crippen molar-refractivity contribution in [1.29, 1.82) is 0 Å². The lowest BCUT2D eigenvalue weighted by molar-refractivity contribution is -0.144. The number of benzene rings is 4. The van der Waals surface area contributed by atoms with E-state index in [2.05, 4.69) is 60.0 Å². The van der Waals surface area contributed by atoms with Crippen molar-refractivity contribution in [2.24, 2.45) is 5.41 Å². The van der Waals surface area contributed by atoms with Gasteiger partial charge in [0.2, 0.25) is 17.7 Å². The third-order valence-electron chi connectivity index (χ3n) is 13.4. The van der Waals surface area contributed by atoms with E-state index in [0.29, 0.717) is 43.4 Å². The molecular formula is C53H59N9O6S2. The summed E-state index contributed by atoms with van der Waals surface area (Å²) >= 11 is 2.96. The molecule has 0 radical (unpaired) electrons. The average molecular weight is 982 g/mol. The van der Waals surface area contributed by atoms with Gasteiger partial charge in [0.05, 0.1) is 28.7 Å². The number of aromatic nitrogens is 2. The van der Waals surface area contributed by atoms with Crippen LogP contribution >= 0.6 is 22.7 Å². The summed E-state index contributed by atoms with van der Waals surface area (Å²) in [6, 6.07) is 29.3. The summed E-state index contributed by atoms with van der Waals surface area (Å²) < 4.78 is 0. The fourth-order valence-corrected chi connectivity index (χ4v) is 11.0. The van der Waals surface area contributed by atoms with Gasteiger partial charge in [-0.2, -0.15) is 0 Å². The highest BCUT2D eigenvalue weighted by atomic mass is 32.1. The number of aryl methyl sites for hydroxylation is 1. The Hall–Kier alpha value is -6.50.